The second-order valence-corrected chi connectivity index (χ2v) is 7.52. The van der Waals surface area contributed by atoms with E-state index in [-0.39, 0.29) is 11.8 Å². The van der Waals surface area contributed by atoms with E-state index in [1.165, 1.54) is 6.42 Å². The van der Waals surface area contributed by atoms with Crippen LogP contribution in [0.5, 0.6) is 0 Å². The van der Waals surface area contributed by atoms with Gasteiger partial charge in [0.2, 0.25) is 5.91 Å². The summed E-state index contributed by atoms with van der Waals surface area (Å²) >= 11 is 1.60. The molecule has 5 heteroatoms. The third-order valence-corrected chi connectivity index (χ3v) is 5.61. The van der Waals surface area contributed by atoms with Crippen LogP contribution in [0, 0.1) is 5.92 Å². The maximum Gasteiger partial charge on any atom is 0.227 e. The normalized spacial score (nSPS) is 15.2. The topological polar surface area (TPSA) is 54.0 Å². The Balaban J connectivity index is 1.56. The Bertz CT molecular complexity index is 869. The van der Waals surface area contributed by atoms with Gasteiger partial charge in [0.25, 0.3) is 0 Å². The first kappa shape index (κ1) is 16.1. The van der Waals surface area contributed by atoms with Crippen LogP contribution in [0.3, 0.4) is 0 Å². The minimum Gasteiger partial charge on any atom is -0.332 e. The molecule has 0 bridgehead atoms. The first-order chi connectivity index (χ1) is 12.3. The van der Waals surface area contributed by atoms with Crippen molar-refractivity contribution in [1.82, 2.24) is 4.98 Å². The molecule has 1 fully saturated rings. The molecule has 0 unspecified atom stereocenters. The Hall–Kier alpha value is -2.40. The first-order valence-corrected chi connectivity index (χ1v) is 9.64. The minimum atomic E-state index is 0.137. The highest BCUT2D eigenvalue weighted by Crippen LogP contribution is 2.33. The number of hydrogen-bond donors (Lipinski definition) is 2. The molecule has 1 aliphatic carbocycles. The molecule has 0 saturated heterocycles. The van der Waals surface area contributed by atoms with Crippen molar-refractivity contribution in [3.8, 4) is 0 Å². The number of hydrogen-bond acceptors (Lipinski definition) is 4. The lowest BCUT2D eigenvalue weighted by Crippen LogP contribution is -2.24. The van der Waals surface area contributed by atoms with E-state index in [9.17, 15) is 4.79 Å². The molecule has 4 rings (SSSR count). The van der Waals surface area contributed by atoms with Gasteiger partial charge in [0.1, 0.15) is 5.52 Å². The van der Waals surface area contributed by atoms with Crippen LogP contribution in [0.15, 0.2) is 48.5 Å². The van der Waals surface area contributed by atoms with Gasteiger partial charge in [0.05, 0.1) is 10.4 Å². The van der Waals surface area contributed by atoms with Crippen molar-refractivity contribution in [2.45, 2.75) is 32.1 Å². The van der Waals surface area contributed by atoms with E-state index < -0.39 is 0 Å². The van der Waals surface area contributed by atoms with Gasteiger partial charge in [-0.2, -0.15) is 0 Å². The number of nitrogens with one attached hydrogen (secondary N) is 2. The van der Waals surface area contributed by atoms with E-state index in [4.69, 9.17) is 4.98 Å². The average Bonchev–Trinajstić information content (AvgIpc) is 3.07. The Kier molecular flexibility index (Phi) is 4.65. The predicted molar refractivity (Wildman–Crippen MR) is 105 cm³/mol. The molecule has 3 aromatic rings. The van der Waals surface area contributed by atoms with E-state index >= 15 is 0 Å². The average molecular weight is 351 g/mol. The van der Waals surface area contributed by atoms with E-state index in [1.54, 1.807) is 11.3 Å². The zero-order valence-corrected chi connectivity index (χ0v) is 14.8. The molecule has 0 aliphatic heterocycles. The minimum absolute atomic E-state index is 0.137. The SMILES string of the molecule is O=C(Nc1cccc2sc(Nc3ccccc3)nc12)C1CCCCC1. The largest absolute Gasteiger partial charge is 0.332 e. The number of carbonyl (C=O) groups excluding carboxylic acids is 1. The first-order valence-electron chi connectivity index (χ1n) is 8.82. The highest BCUT2D eigenvalue weighted by atomic mass is 32.1. The quantitative estimate of drug-likeness (QED) is 0.647. The second kappa shape index (κ2) is 7.23. The maximum absolute atomic E-state index is 12.6. The van der Waals surface area contributed by atoms with Gasteiger partial charge in [-0.15, -0.1) is 0 Å². The fourth-order valence-electron chi connectivity index (χ4n) is 3.35. The molecule has 1 aromatic heterocycles. The van der Waals surface area contributed by atoms with E-state index in [1.807, 2.05) is 48.5 Å². The number of amides is 1. The van der Waals surface area contributed by atoms with Crippen LogP contribution in [-0.4, -0.2) is 10.9 Å². The van der Waals surface area contributed by atoms with Crippen LogP contribution in [0.1, 0.15) is 32.1 Å². The number of nitrogens with zero attached hydrogens (tertiary/aromatic N) is 1. The van der Waals surface area contributed by atoms with Gasteiger partial charge in [-0.25, -0.2) is 4.98 Å². The smallest absolute Gasteiger partial charge is 0.227 e. The van der Waals surface area contributed by atoms with Crippen LogP contribution in [0.4, 0.5) is 16.5 Å². The van der Waals surface area contributed by atoms with Crippen molar-refractivity contribution < 1.29 is 4.79 Å². The lowest BCUT2D eigenvalue weighted by atomic mass is 9.88. The van der Waals surface area contributed by atoms with Crippen molar-refractivity contribution >= 4 is 44.0 Å². The molecule has 0 atom stereocenters. The zero-order chi connectivity index (χ0) is 17.1. The number of benzene rings is 2. The van der Waals surface area contributed by atoms with E-state index in [0.29, 0.717) is 0 Å². The molecule has 0 spiro atoms. The molecule has 0 radical (unpaired) electrons. The van der Waals surface area contributed by atoms with E-state index in [0.717, 1.165) is 52.4 Å². The van der Waals surface area contributed by atoms with Gasteiger partial charge in [0, 0.05) is 11.6 Å². The predicted octanol–water partition coefficient (Wildman–Crippen LogP) is 5.56. The number of thiazole rings is 1. The fraction of sp³-hybridized carbons (Fsp3) is 0.300. The summed E-state index contributed by atoms with van der Waals surface area (Å²) in [7, 11) is 0. The molecule has 1 amide bonds. The van der Waals surface area contributed by atoms with Gasteiger partial charge >= 0.3 is 0 Å². The van der Waals surface area contributed by atoms with Gasteiger partial charge in [-0.05, 0) is 37.1 Å². The standard InChI is InChI=1S/C20H21N3OS/c24-19(14-8-3-1-4-9-14)22-16-12-7-13-17-18(16)23-20(25-17)21-15-10-5-2-6-11-15/h2,5-7,10-14H,1,3-4,8-9H2,(H,21,23)(H,22,24). The van der Waals surface area contributed by atoms with Crippen LogP contribution in [0.2, 0.25) is 0 Å². The lowest BCUT2D eigenvalue weighted by molar-refractivity contribution is -0.120. The number of para-hydroxylation sites is 2. The summed E-state index contributed by atoms with van der Waals surface area (Å²) < 4.78 is 1.07. The number of rotatable bonds is 4. The molecule has 25 heavy (non-hydrogen) atoms. The molecular formula is C20H21N3OS. The van der Waals surface area contributed by atoms with Gasteiger partial charge in [0.15, 0.2) is 5.13 Å². The van der Waals surface area contributed by atoms with Gasteiger partial charge < -0.3 is 10.6 Å². The zero-order valence-electron chi connectivity index (χ0n) is 14.0. The van der Waals surface area contributed by atoms with E-state index in [2.05, 4.69) is 10.6 Å². The summed E-state index contributed by atoms with van der Waals surface area (Å²) in [5.74, 6) is 0.280. The number of aromatic nitrogens is 1. The fourth-order valence-corrected chi connectivity index (χ4v) is 4.26. The molecule has 4 nitrogen and oxygen atoms in total. The van der Waals surface area contributed by atoms with Crippen molar-refractivity contribution in [3.63, 3.8) is 0 Å². The summed E-state index contributed by atoms with van der Waals surface area (Å²) in [4.78, 5) is 17.3. The Morgan fingerprint density at radius 2 is 1.80 bits per heavy atom. The number of fused-ring (bicyclic) bond motifs is 1. The maximum atomic E-state index is 12.6. The van der Waals surface area contributed by atoms with Gasteiger partial charge in [-0.3, -0.25) is 4.79 Å². The highest BCUT2D eigenvalue weighted by Gasteiger charge is 2.22. The Morgan fingerprint density at radius 3 is 2.60 bits per heavy atom. The summed E-state index contributed by atoms with van der Waals surface area (Å²) in [5.41, 5.74) is 2.68. The summed E-state index contributed by atoms with van der Waals surface area (Å²) in [5, 5.41) is 7.28. The van der Waals surface area contributed by atoms with Crippen LogP contribution < -0.4 is 10.6 Å². The molecular weight excluding hydrogens is 330 g/mol. The number of anilines is 3. The van der Waals surface area contributed by atoms with Crippen molar-refractivity contribution in [2.24, 2.45) is 5.92 Å². The van der Waals surface area contributed by atoms with Crippen molar-refractivity contribution in [2.75, 3.05) is 10.6 Å². The molecule has 2 aromatic carbocycles. The lowest BCUT2D eigenvalue weighted by Gasteiger charge is -2.20. The number of carbonyl (C=O) groups is 1. The monoisotopic (exact) mass is 351 g/mol. The van der Waals surface area contributed by atoms with Crippen molar-refractivity contribution in [1.29, 1.82) is 0 Å². The summed E-state index contributed by atoms with van der Waals surface area (Å²) in [6.45, 7) is 0. The second-order valence-electron chi connectivity index (χ2n) is 6.49. The molecule has 1 aliphatic rings. The van der Waals surface area contributed by atoms with Crippen molar-refractivity contribution in [3.05, 3.63) is 48.5 Å². The summed E-state index contributed by atoms with van der Waals surface area (Å²) in [6.07, 6.45) is 5.56. The Labute approximate surface area is 151 Å². The molecule has 1 heterocycles. The van der Waals surface area contributed by atoms with Crippen LogP contribution in [-0.2, 0) is 4.79 Å². The molecule has 1 saturated carbocycles. The highest BCUT2D eigenvalue weighted by molar-refractivity contribution is 7.22. The third-order valence-electron chi connectivity index (χ3n) is 4.68. The van der Waals surface area contributed by atoms with Crippen LogP contribution >= 0.6 is 11.3 Å². The van der Waals surface area contributed by atoms with Crippen LogP contribution in [0.25, 0.3) is 10.2 Å². The Morgan fingerprint density at radius 1 is 1.00 bits per heavy atom. The third kappa shape index (κ3) is 3.66. The van der Waals surface area contributed by atoms with Gasteiger partial charge in [-0.1, -0.05) is 54.9 Å². The molecule has 2 N–H and O–H groups in total. The summed E-state index contributed by atoms with van der Waals surface area (Å²) in [6, 6.07) is 16.0. The molecule has 128 valence electrons.